The van der Waals surface area contributed by atoms with Gasteiger partial charge in [-0.05, 0) is 31.5 Å². The van der Waals surface area contributed by atoms with E-state index in [0.717, 1.165) is 0 Å². The van der Waals surface area contributed by atoms with E-state index in [2.05, 4.69) is 0 Å². The standard InChI is InChI=1S/C15H14F2O2/c1-9-6-7-11(8-14(9)17)19-15-12(10(2)18)4-3-5-13(15)16/h3-8,10,18H,1-2H3/t10-/m0/s1. The zero-order chi connectivity index (χ0) is 14.0. The van der Waals surface area contributed by atoms with Gasteiger partial charge in [0.05, 0.1) is 6.10 Å². The molecule has 0 radical (unpaired) electrons. The predicted molar refractivity (Wildman–Crippen MR) is 68.2 cm³/mol. The van der Waals surface area contributed by atoms with Crippen LogP contribution in [-0.2, 0) is 0 Å². The Labute approximate surface area is 110 Å². The molecule has 2 aromatic carbocycles. The fraction of sp³-hybridized carbons (Fsp3) is 0.200. The first kappa shape index (κ1) is 13.5. The third kappa shape index (κ3) is 2.90. The van der Waals surface area contributed by atoms with Crippen molar-refractivity contribution in [2.75, 3.05) is 0 Å². The number of para-hydroxylation sites is 1. The summed E-state index contributed by atoms with van der Waals surface area (Å²) in [6.07, 6.45) is -0.874. The van der Waals surface area contributed by atoms with Crippen molar-refractivity contribution < 1.29 is 18.6 Å². The van der Waals surface area contributed by atoms with Crippen LogP contribution in [0.4, 0.5) is 8.78 Å². The van der Waals surface area contributed by atoms with Gasteiger partial charge in [0.25, 0.3) is 0 Å². The SMILES string of the molecule is Cc1ccc(Oc2c(F)cccc2[C@H](C)O)cc1F. The molecule has 0 saturated heterocycles. The van der Waals surface area contributed by atoms with Gasteiger partial charge in [-0.25, -0.2) is 8.78 Å². The number of rotatable bonds is 3. The second-order valence-corrected chi connectivity index (χ2v) is 4.35. The summed E-state index contributed by atoms with van der Waals surface area (Å²) in [4.78, 5) is 0. The lowest BCUT2D eigenvalue weighted by atomic mass is 10.1. The van der Waals surface area contributed by atoms with Gasteiger partial charge in [-0.1, -0.05) is 18.2 Å². The Morgan fingerprint density at radius 1 is 1.11 bits per heavy atom. The highest BCUT2D eigenvalue weighted by atomic mass is 19.1. The second kappa shape index (κ2) is 5.36. The first-order valence-electron chi connectivity index (χ1n) is 5.89. The highest BCUT2D eigenvalue weighted by Crippen LogP contribution is 2.32. The molecule has 0 heterocycles. The van der Waals surface area contributed by atoms with E-state index < -0.39 is 17.7 Å². The number of aliphatic hydroxyl groups is 1. The molecule has 0 aromatic heterocycles. The molecule has 0 aliphatic rings. The van der Waals surface area contributed by atoms with Gasteiger partial charge in [0.2, 0.25) is 0 Å². The summed E-state index contributed by atoms with van der Waals surface area (Å²) >= 11 is 0. The minimum absolute atomic E-state index is 0.0826. The van der Waals surface area contributed by atoms with E-state index in [0.29, 0.717) is 11.1 Å². The van der Waals surface area contributed by atoms with Gasteiger partial charge in [0.15, 0.2) is 11.6 Å². The molecule has 1 atom stereocenters. The predicted octanol–water partition coefficient (Wildman–Crippen LogP) is 4.12. The summed E-state index contributed by atoms with van der Waals surface area (Å²) in [6.45, 7) is 3.14. The number of hydrogen-bond acceptors (Lipinski definition) is 2. The number of ether oxygens (including phenoxy) is 1. The summed E-state index contributed by atoms with van der Waals surface area (Å²) in [5.74, 6) is -0.914. The number of aliphatic hydroxyl groups excluding tert-OH is 1. The van der Waals surface area contributed by atoms with Crippen LogP contribution in [0, 0.1) is 18.6 Å². The lowest BCUT2D eigenvalue weighted by Gasteiger charge is -2.14. The minimum Gasteiger partial charge on any atom is -0.454 e. The highest BCUT2D eigenvalue weighted by molar-refractivity contribution is 5.40. The van der Waals surface area contributed by atoms with Crippen LogP contribution in [0.15, 0.2) is 36.4 Å². The van der Waals surface area contributed by atoms with Crippen LogP contribution >= 0.6 is 0 Å². The van der Waals surface area contributed by atoms with Gasteiger partial charge < -0.3 is 9.84 Å². The first-order chi connectivity index (χ1) is 8.99. The van der Waals surface area contributed by atoms with E-state index in [1.165, 1.54) is 25.1 Å². The van der Waals surface area contributed by atoms with Crippen molar-refractivity contribution in [3.05, 3.63) is 59.2 Å². The molecular formula is C15H14F2O2. The van der Waals surface area contributed by atoms with Crippen LogP contribution in [-0.4, -0.2) is 5.11 Å². The molecule has 0 amide bonds. The van der Waals surface area contributed by atoms with Crippen molar-refractivity contribution >= 4 is 0 Å². The Kier molecular flexibility index (Phi) is 3.81. The average Bonchev–Trinajstić information content (AvgIpc) is 2.36. The van der Waals surface area contributed by atoms with Crippen LogP contribution in [0.2, 0.25) is 0 Å². The maximum absolute atomic E-state index is 13.7. The Balaban J connectivity index is 2.40. The molecule has 1 N–H and O–H groups in total. The molecule has 0 saturated carbocycles. The number of benzene rings is 2. The summed E-state index contributed by atoms with van der Waals surface area (Å²) in [7, 11) is 0. The van der Waals surface area contributed by atoms with Crippen molar-refractivity contribution in [2.24, 2.45) is 0 Å². The molecule has 4 heteroatoms. The lowest BCUT2D eigenvalue weighted by Crippen LogP contribution is -1.99. The normalized spacial score (nSPS) is 12.3. The van der Waals surface area contributed by atoms with Crippen molar-refractivity contribution in [3.8, 4) is 11.5 Å². The average molecular weight is 264 g/mol. The van der Waals surface area contributed by atoms with E-state index in [9.17, 15) is 13.9 Å². The lowest BCUT2D eigenvalue weighted by molar-refractivity contribution is 0.194. The van der Waals surface area contributed by atoms with Crippen molar-refractivity contribution in [1.82, 2.24) is 0 Å². The van der Waals surface area contributed by atoms with Crippen LogP contribution in [0.1, 0.15) is 24.2 Å². The molecule has 2 aromatic rings. The zero-order valence-electron chi connectivity index (χ0n) is 10.7. The molecular weight excluding hydrogens is 250 g/mol. The Morgan fingerprint density at radius 3 is 2.47 bits per heavy atom. The largest absolute Gasteiger partial charge is 0.454 e. The second-order valence-electron chi connectivity index (χ2n) is 4.35. The van der Waals surface area contributed by atoms with Crippen molar-refractivity contribution in [1.29, 1.82) is 0 Å². The van der Waals surface area contributed by atoms with E-state index in [-0.39, 0.29) is 11.5 Å². The maximum atomic E-state index is 13.7. The summed E-state index contributed by atoms with van der Waals surface area (Å²) < 4.78 is 32.5. The molecule has 0 spiro atoms. The van der Waals surface area contributed by atoms with Crippen molar-refractivity contribution in [2.45, 2.75) is 20.0 Å². The smallest absolute Gasteiger partial charge is 0.168 e. The molecule has 0 fully saturated rings. The first-order valence-corrected chi connectivity index (χ1v) is 5.89. The van der Waals surface area contributed by atoms with Crippen LogP contribution in [0.3, 0.4) is 0 Å². The van der Waals surface area contributed by atoms with E-state index in [4.69, 9.17) is 4.74 Å². The van der Waals surface area contributed by atoms with Crippen LogP contribution < -0.4 is 4.74 Å². The van der Waals surface area contributed by atoms with E-state index >= 15 is 0 Å². The van der Waals surface area contributed by atoms with Crippen molar-refractivity contribution in [3.63, 3.8) is 0 Å². The van der Waals surface area contributed by atoms with Gasteiger partial charge in [-0.3, -0.25) is 0 Å². The minimum atomic E-state index is -0.874. The molecule has 0 bridgehead atoms. The fourth-order valence-corrected chi connectivity index (χ4v) is 1.72. The van der Waals surface area contributed by atoms with Gasteiger partial charge in [-0.15, -0.1) is 0 Å². The maximum Gasteiger partial charge on any atom is 0.168 e. The van der Waals surface area contributed by atoms with Gasteiger partial charge in [-0.2, -0.15) is 0 Å². The molecule has 100 valence electrons. The summed E-state index contributed by atoms with van der Waals surface area (Å²) in [5.41, 5.74) is 0.803. The molecule has 19 heavy (non-hydrogen) atoms. The topological polar surface area (TPSA) is 29.5 Å². The Hall–Kier alpha value is -1.94. The number of hydrogen-bond donors (Lipinski definition) is 1. The van der Waals surface area contributed by atoms with Crippen LogP contribution in [0.25, 0.3) is 0 Å². The molecule has 0 aliphatic carbocycles. The van der Waals surface area contributed by atoms with Gasteiger partial charge in [0, 0.05) is 11.6 Å². The molecule has 0 aliphatic heterocycles. The van der Waals surface area contributed by atoms with Crippen LogP contribution in [0.5, 0.6) is 11.5 Å². The molecule has 2 nitrogen and oxygen atoms in total. The zero-order valence-corrected chi connectivity index (χ0v) is 10.7. The summed E-state index contributed by atoms with van der Waals surface area (Å²) in [5, 5.41) is 9.58. The Morgan fingerprint density at radius 2 is 1.84 bits per heavy atom. The fourth-order valence-electron chi connectivity index (χ4n) is 1.72. The van der Waals surface area contributed by atoms with Gasteiger partial charge >= 0.3 is 0 Å². The van der Waals surface area contributed by atoms with E-state index in [1.807, 2.05) is 0 Å². The van der Waals surface area contributed by atoms with E-state index in [1.54, 1.807) is 25.1 Å². The third-order valence-corrected chi connectivity index (χ3v) is 2.81. The quantitative estimate of drug-likeness (QED) is 0.903. The highest BCUT2D eigenvalue weighted by Gasteiger charge is 2.15. The monoisotopic (exact) mass is 264 g/mol. The number of halogens is 2. The molecule has 2 rings (SSSR count). The third-order valence-electron chi connectivity index (χ3n) is 2.81. The molecule has 0 unspecified atom stereocenters. The Bertz CT molecular complexity index is 595. The van der Waals surface area contributed by atoms with Gasteiger partial charge in [0.1, 0.15) is 11.6 Å². The summed E-state index contributed by atoms with van der Waals surface area (Å²) in [6, 6.07) is 8.57. The number of aryl methyl sites for hydroxylation is 1.